The normalized spacial score (nSPS) is 19.2. The van der Waals surface area contributed by atoms with E-state index in [1.807, 2.05) is 0 Å². The maximum atomic E-state index is 3.77. The molecule has 0 heterocycles. The van der Waals surface area contributed by atoms with Crippen LogP contribution in [0.5, 0.6) is 0 Å². The Kier molecular flexibility index (Phi) is 3.89. The summed E-state index contributed by atoms with van der Waals surface area (Å²) in [6, 6.07) is 18.5. The van der Waals surface area contributed by atoms with Crippen LogP contribution in [-0.2, 0) is 6.42 Å². The Bertz CT molecular complexity index is 562. The molecule has 2 unspecified atom stereocenters. The maximum absolute atomic E-state index is 3.77. The van der Waals surface area contributed by atoms with Gasteiger partial charge in [-0.15, -0.1) is 0 Å². The standard InChI is InChI=1S/C17H18IN/c1-12(13-6-9-15(18)10-7-13)19-17-11-8-14-4-2-3-5-16(14)17/h2-7,9-10,12,17,19H,8,11H2,1H3. The molecule has 0 fully saturated rings. The molecule has 1 aliphatic rings. The summed E-state index contributed by atoms with van der Waals surface area (Å²) in [6.07, 6.45) is 2.42. The van der Waals surface area contributed by atoms with Gasteiger partial charge in [-0.3, -0.25) is 0 Å². The fraction of sp³-hybridized carbons (Fsp3) is 0.294. The van der Waals surface area contributed by atoms with Crippen molar-refractivity contribution in [1.82, 2.24) is 5.32 Å². The maximum Gasteiger partial charge on any atom is 0.0331 e. The van der Waals surface area contributed by atoms with Crippen molar-refractivity contribution in [2.24, 2.45) is 0 Å². The van der Waals surface area contributed by atoms with Crippen molar-refractivity contribution in [3.63, 3.8) is 0 Å². The van der Waals surface area contributed by atoms with Crippen LogP contribution in [-0.4, -0.2) is 0 Å². The molecule has 0 spiro atoms. The lowest BCUT2D eigenvalue weighted by molar-refractivity contribution is 0.465. The third kappa shape index (κ3) is 2.84. The first-order valence-electron chi connectivity index (χ1n) is 6.83. The van der Waals surface area contributed by atoms with Crippen LogP contribution in [0.15, 0.2) is 48.5 Å². The van der Waals surface area contributed by atoms with Crippen LogP contribution >= 0.6 is 22.6 Å². The van der Waals surface area contributed by atoms with Gasteiger partial charge in [0.05, 0.1) is 0 Å². The van der Waals surface area contributed by atoms with Crippen molar-refractivity contribution >= 4 is 22.6 Å². The van der Waals surface area contributed by atoms with Gasteiger partial charge in [0.2, 0.25) is 0 Å². The number of hydrogen-bond donors (Lipinski definition) is 1. The summed E-state index contributed by atoms with van der Waals surface area (Å²) < 4.78 is 1.29. The van der Waals surface area contributed by atoms with Gasteiger partial charge >= 0.3 is 0 Å². The van der Waals surface area contributed by atoms with Crippen LogP contribution < -0.4 is 5.32 Å². The summed E-state index contributed by atoms with van der Waals surface area (Å²) in [5, 5.41) is 3.77. The lowest BCUT2D eigenvalue weighted by atomic mass is 10.0. The van der Waals surface area contributed by atoms with E-state index >= 15 is 0 Å². The fourth-order valence-electron chi connectivity index (χ4n) is 2.88. The van der Waals surface area contributed by atoms with Crippen LogP contribution in [0.2, 0.25) is 0 Å². The zero-order chi connectivity index (χ0) is 13.2. The number of halogens is 1. The van der Waals surface area contributed by atoms with E-state index in [0.717, 1.165) is 0 Å². The second-order valence-corrected chi connectivity index (χ2v) is 6.48. The molecule has 0 aliphatic heterocycles. The predicted molar refractivity (Wildman–Crippen MR) is 88.2 cm³/mol. The second-order valence-electron chi connectivity index (χ2n) is 5.23. The molecule has 1 aliphatic carbocycles. The SMILES string of the molecule is CC(NC1CCc2ccccc21)c1ccc(I)cc1. The third-order valence-corrected chi connectivity index (χ3v) is 4.67. The molecule has 0 amide bonds. The van der Waals surface area contributed by atoms with Crippen LogP contribution in [0.3, 0.4) is 0 Å². The molecule has 19 heavy (non-hydrogen) atoms. The van der Waals surface area contributed by atoms with Gasteiger partial charge in [0.1, 0.15) is 0 Å². The van der Waals surface area contributed by atoms with Gasteiger partial charge in [0.15, 0.2) is 0 Å². The van der Waals surface area contributed by atoms with Crippen molar-refractivity contribution in [2.75, 3.05) is 0 Å². The topological polar surface area (TPSA) is 12.0 Å². The molecule has 2 aromatic carbocycles. The van der Waals surface area contributed by atoms with Gasteiger partial charge in [-0.25, -0.2) is 0 Å². The number of benzene rings is 2. The molecule has 1 N–H and O–H groups in total. The molecular weight excluding hydrogens is 345 g/mol. The summed E-state index contributed by atoms with van der Waals surface area (Å²) in [6.45, 7) is 2.25. The molecule has 3 rings (SSSR count). The summed E-state index contributed by atoms with van der Waals surface area (Å²) >= 11 is 2.35. The summed E-state index contributed by atoms with van der Waals surface area (Å²) in [5.41, 5.74) is 4.36. The van der Waals surface area contributed by atoms with Gasteiger partial charge in [-0.2, -0.15) is 0 Å². The number of nitrogens with one attached hydrogen (secondary N) is 1. The van der Waals surface area contributed by atoms with Crippen molar-refractivity contribution in [2.45, 2.75) is 31.8 Å². The molecule has 98 valence electrons. The molecule has 1 nitrogen and oxygen atoms in total. The summed E-state index contributed by atoms with van der Waals surface area (Å²) in [5.74, 6) is 0. The number of hydrogen-bond acceptors (Lipinski definition) is 1. The Morgan fingerprint density at radius 2 is 1.84 bits per heavy atom. The molecule has 0 aromatic heterocycles. The van der Waals surface area contributed by atoms with Crippen LogP contribution in [0.25, 0.3) is 0 Å². The molecule has 2 atom stereocenters. The highest BCUT2D eigenvalue weighted by atomic mass is 127. The third-order valence-electron chi connectivity index (χ3n) is 3.95. The Labute approximate surface area is 128 Å². The van der Waals surface area contributed by atoms with Crippen molar-refractivity contribution < 1.29 is 0 Å². The predicted octanol–water partition coefficient (Wildman–Crippen LogP) is 4.63. The Morgan fingerprint density at radius 3 is 2.63 bits per heavy atom. The minimum absolute atomic E-state index is 0.396. The summed E-state index contributed by atoms with van der Waals surface area (Å²) in [4.78, 5) is 0. The van der Waals surface area contributed by atoms with Gasteiger partial charge in [0, 0.05) is 15.7 Å². The molecule has 0 radical (unpaired) electrons. The zero-order valence-electron chi connectivity index (χ0n) is 11.1. The lowest BCUT2D eigenvalue weighted by Gasteiger charge is -2.21. The first-order chi connectivity index (χ1) is 9.24. The minimum atomic E-state index is 0.396. The second kappa shape index (κ2) is 5.63. The van der Waals surface area contributed by atoms with Gasteiger partial charge in [0.25, 0.3) is 0 Å². The highest BCUT2D eigenvalue weighted by Crippen LogP contribution is 2.32. The Hall–Kier alpha value is -0.870. The monoisotopic (exact) mass is 363 g/mol. The van der Waals surface area contributed by atoms with Crippen molar-refractivity contribution in [3.05, 3.63) is 68.8 Å². The average Bonchev–Trinajstić information content (AvgIpc) is 2.83. The van der Waals surface area contributed by atoms with Gasteiger partial charge < -0.3 is 5.32 Å². The Balaban J connectivity index is 1.74. The van der Waals surface area contributed by atoms with Crippen molar-refractivity contribution in [3.8, 4) is 0 Å². The largest absolute Gasteiger partial charge is 0.303 e. The van der Waals surface area contributed by atoms with E-state index in [4.69, 9.17) is 0 Å². The molecule has 2 heteroatoms. The smallest absolute Gasteiger partial charge is 0.0331 e. The zero-order valence-corrected chi connectivity index (χ0v) is 13.2. The number of fused-ring (bicyclic) bond motifs is 1. The number of rotatable bonds is 3. The minimum Gasteiger partial charge on any atom is -0.303 e. The lowest BCUT2D eigenvalue weighted by Crippen LogP contribution is -2.22. The Morgan fingerprint density at radius 1 is 1.11 bits per heavy atom. The average molecular weight is 363 g/mol. The van der Waals surface area contributed by atoms with Crippen molar-refractivity contribution in [1.29, 1.82) is 0 Å². The van der Waals surface area contributed by atoms with E-state index in [9.17, 15) is 0 Å². The molecule has 0 saturated heterocycles. The van der Waals surface area contributed by atoms with Gasteiger partial charge in [-0.1, -0.05) is 36.4 Å². The van der Waals surface area contributed by atoms with Crippen LogP contribution in [0, 0.1) is 3.57 Å². The van der Waals surface area contributed by atoms with Crippen LogP contribution in [0.1, 0.15) is 42.1 Å². The van der Waals surface area contributed by atoms with E-state index < -0.39 is 0 Å². The molecule has 0 bridgehead atoms. The first-order valence-corrected chi connectivity index (χ1v) is 7.91. The first kappa shape index (κ1) is 13.1. The fourth-order valence-corrected chi connectivity index (χ4v) is 3.24. The van der Waals surface area contributed by atoms with E-state index in [1.54, 1.807) is 0 Å². The van der Waals surface area contributed by atoms with Gasteiger partial charge in [-0.05, 0) is 71.2 Å². The summed E-state index contributed by atoms with van der Waals surface area (Å²) in [7, 11) is 0. The highest BCUT2D eigenvalue weighted by molar-refractivity contribution is 14.1. The molecular formula is C17H18IN. The molecule has 2 aromatic rings. The quantitative estimate of drug-likeness (QED) is 0.785. The van der Waals surface area contributed by atoms with E-state index in [-0.39, 0.29) is 0 Å². The van der Waals surface area contributed by atoms with E-state index in [1.165, 1.54) is 33.1 Å². The van der Waals surface area contributed by atoms with E-state index in [0.29, 0.717) is 12.1 Å². The highest BCUT2D eigenvalue weighted by Gasteiger charge is 2.23. The van der Waals surface area contributed by atoms with E-state index in [2.05, 4.69) is 83.4 Å². The molecule has 0 saturated carbocycles. The van der Waals surface area contributed by atoms with Crippen LogP contribution in [0.4, 0.5) is 0 Å². The number of aryl methyl sites for hydroxylation is 1.